The van der Waals surface area contributed by atoms with E-state index in [0.717, 1.165) is 12.0 Å². The lowest BCUT2D eigenvalue weighted by atomic mass is 10.0. The van der Waals surface area contributed by atoms with Gasteiger partial charge in [0.15, 0.2) is 0 Å². The molecule has 2 aromatic rings. The van der Waals surface area contributed by atoms with E-state index < -0.39 is 0 Å². The average molecular weight is 251 g/mol. The monoisotopic (exact) mass is 251 g/mol. The zero-order valence-corrected chi connectivity index (χ0v) is 10.9. The molecule has 0 bridgehead atoms. The maximum absolute atomic E-state index is 6.01. The molecule has 0 amide bonds. The molecule has 5 heteroatoms. The average Bonchev–Trinajstić information content (AvgIpc) is 2.84. The summed E-state index contributed by atoms with van der Waals surface area (Å²) in [7, 11) is 0. The highest BCUT2D eigenvalue weighted by Crippen LogP contribution is 2.19. The molecule has 0 aliphatic heterocycles. The Hall–Kier alpha value is -1.20. The summed E-state index contributed by atoms with van der Waals surface area (Å²) in [5, 5.41) is 7.95. The topological polar surface area (TPSA) is 64.9 Å². The van der Waals surface area contributed by atoms with Gasteiger partial charge in [0.2, 0.25) is 11.7 Å². The smallest absolute Gasteiger partial charge is 0.228 e. The third-order valence-electron chi connectivity index (χ3n) is 2.46. The molecule has 2 N–H and O–H groups in total. The van der Waals surface area contributed by atoms with Crippen molar-refractivity contribution in [2.45, 2.75) is 32.7 Å². The first kappa shape index (κ1) is 12.3. The third-order valence-corrected chi connectivity index (χ3v) is 3.14. The van der Waals surface area contributed by atoms with E-state index in [1.54, 1.807) is 11.3 Å². The van der Waals surface area contributed by atoms with Crippen molar-refractivity contribution < 1.29 is 4.52 Å². The fraction of sp³-hybridized carbons (Fsp3) is 0.500. The van der Waals surface area contributed by atoms with Crippen LogP contribution in [0.3, 0.4) is 0 Å². The van der Waals surface area contributed by atoms with E-state index in [2.05, 4.69) is 24.0 Å². The molecule has 2 rings (SSSR count). The molecule has 0 aromatic carbocycles. The highest BCUT2D eigenvalue weighted by atomic mass is 32.1. The molecule has 17 heavy (non-hydrogen) atoms. The van der Waals surface area contributed by atoms with Crippen molar-refractivity contribution in [2.75, 3.05) is 0 Å². The van der Waals surface area contributed by atoms with Crippen LogP contribution in [-0.2, 0) is 6.42 Å². The van der Waals surface area contributed by atoms with E-state index in [-0.39, 0.29) is 6.04 Å². The Bertz CT molecular complexity index is 450. The fourth-order valence-corrected chi connectivity index (χ4v) is 2.39. The fourth-order valence-electron chi connectivity index (χ4n) is 1.76. The highest BCUT2D eigenvalue weighted by Gasteiger charge is 2.13. The van der Waals surface area contributed by atoms with Crippen LogP contribution in [0.5, 0.6) is 0 Å². The van der Waals surface area contributed by atoms with Crippen molar-refractivity contribution in [3.8, 4) is 11.4 Å². The van der Waals surface area contributed by atoms with Crippen LogP contribution in [0, 0.1) is 5.92 Å². The third kappa shape index (κ3) is 3.38. The summed E-state index contributed by atoms with van der Waals surface area (Å²) in [6.07, 6.45) is 1.62. The van der Waals surface area contributed by atoms with E-state index in [1.165, 1.54) is 0 Å². The zero-order chi connectivity index (χ0) is 12.3. The number of hydrogen-bond acceptors (Lipinski definition) is 5. The number of rotatable bonds is 5. The summed E-state index contributed by atoms with van der Waals surface area (Å²) in [4.78, 5) is 4.35. The quantitative estimate of drug-likeness (QED) is 0.887. The van der Waals surface area contributed by atoms with Crippen molar-refractivity contribution in [3.05, 3.63) is 22.7 Å². The van der Waals surface area contributed by atoms with E-state index in [4.69, 9.17) is 10.3 Å². The normalized spacial score (nSPS) is 13.2. The molecular weight excluding hydrogens is 234 g/mol. The molecule has 0 aliphatic carbocycles. The first-order valence-corrected chi connectivity index (χ1v) is 6.70. The Labute approximate surface area is 105 Å². The molecule has 2 heterocycles. The van der Waals surface area contributed by atoms with Crippen molar-refractivity contribution in [1.82, 2.24) is 10.1 Å². The van der Waals surface area contributed by atoms with E-state index >= 15 is 0 Å². The minimum absolute atomic E-state index is 0.0887. The summed E-state index contributed by atoms with van der Waals surface area (Å²) < 4.78 is 5.20. The highest BCUT2D eigenvalue weighted by molar-refractivity contribution is 7.08. The second-order valence-corrected chi connectivity index (χ2v) is 5.40. The van der Waals surface area contributed by atoms with Crippen LogP contribution in [0.15, 0.2) is 21.3 Å². The maximum atomic E-state index is 6.01. The molecular formula is C12H17N3OS. The number of nitrogens with zero attached hydrogens (tertiary/aromatic N) is 2. The van der Waals surface area contributed by atoms with Gasteiger partial charge in [-0.2, -0.15) is 16.3 Å². The molecule has 1 atom stereocenters. The number of nitrogens with two attached hydrogens (primary N) is 1. The van der Waals surface area contributed by atoms with Gasteiger partial charge >= 0.3 is 0 Å². The number of hydrogen-bond donors (Lipinski definition) is 1. The second-order valence-electron chi connectivity index (χ2n) is 4.62. The molecule has 0 fully saturated rings. The number of thiophene rings is 1. The van der Waals surface area contributed by atoms with Gasteiger partial charge < -0.3 is 10.3 Å². The SMILES string of the molecule is CC(C)CC(N)Cc1nc(-c2ccsc2)no1. The molecule has 1 unspecified atom stereocenters. The van der Waals surface area contributed by atoms with Gasteiger partial charge in [-0.1, -0.05) is 19.0 Å². The Balaban J connectivity index is 1.99. The van der Waals surface area contributed by atoms with Crippen LogP contribution in [0.25, 0.3) is 11.4 Å². The van der Waals surface area contributed by atoms with Crippen LogP contribution in [0.4, 0.5) is 0 Å². The first-order valence-electron chi connectivity index (χ1n) is 5.76. The zero-order valence-electron chi connectivity index (χ0n) is 10.1. The standard InChI is InChI=1S/C12H17N3OS/c1-8(2)5-10(13)6-11-14-12(15-16-11)9-3-4-17-7-9/h3-4,7-8,10H,5-6,13H2,1-2H3. The predicted molar refractivity (Wildman–Crippen MR) is 68.7 cm³/mol. The number of aromatic nitrogens is 2. The summed E-state index contributed by atoms with van der Waals surface area (Å²) in [6.45, 7) is 4.31. The Morgan fingerprint density at radius 2 is 2.29 bits per heavy atom. The summed E-state index contributed by atoms with van der Waals surface area (Å²) in [5.74, 6) is 1.86. The minimum atomic E-state index is 0.0887. The van der Waals surface area contributed by atoms with Gasteiger partial charge in [-0.15, -0.1) is 0 Å². The molecule has 92 valence electrons. The Kier molecular flexibility index (Phi) is 3.91. The summed E-state index contributed by atoms with van der Waals surface area (Å²) in [5.41, 5.74) is 7.01. The molecule has 0 spiro atoms. The largest absolute Gasteiger partial charge is 0.339 e. The van der Waals surface area contributed by atoms with Crippen molar-refractivity contribution in [2.24, 2.45) is 11.7 Å². The maximum Gasteiger partial charge on any atom is 0.228 e. The summed E-state index contributed by atoms with van der Waals surface area (Å²) >= 11 is 1.62. The lowest BCUT2D eigenvalue weighted by molar-refractivity contribution is 0.359. The minimum Gasteiger partial charge on any atom is -0.339 e. The molecule has 4 nitrogen and oxygen atoms in total. The molecule has 2 aromatic heterocycles. The van der Waals surface area contributed by atoms with Gasteiger partial charge in [0.25, 0.3) is 0 Å². The van der Waals surface area contributed by atoms with Crippen LogP contribution in [-0.4, -0.2) is 16.2 Å². The molecule has 0 aliphatic rings. The van der Waals surface area contributed by atoms with Crippen molar-refractivity contribution in [1.29, 1.82) is 0 Å². The van der Waals surface area contributed by atoms with E-state index in [1.807, 2.05) is 16.8 Å². The van der Waals surface area contributed by atoms with Gasteiger partial charge in [-0.05, 0) is 23.8 Å². The van der Waals surface area contributed by atoms with E-state index in [0.29, 0.717) is 24.1 Å². The second kappa shape index (κ2) is 5.42. The van der Waals surface area contributed by atoms with Crippen LogP contribution in [0.1, 0.15) is 26.2 Å². The molecule has 0 saturated carbocycles. The van der Waals surface area contributed by atoms with Gasteiger partial charge in [0.05, 0.1) is 0 Å². The van der Waals surface area contributed by atoms with Gasteiger partial charge in [-0.3, -0.25) is 0 Å². The first-order chi connectivity index (χ1) is 8.15. The molecule has 0 saturated heterocycles. The van der Waals surface area contributed by atoms with Crippen LogP contribution >= 0.6 is 11.3 Å². The Morgan fingerprint density at radius 1 is 1.47 bits per heavy atom. The lowest BCUT2D eigenvalue weighted by Gasteiger charge is -2.10. The van der Waals surface area contributed by atoms with Gasteiger partial charge in [-0.25, -0.2) is 0 Å². The lowest BCUT2D eigenvalue weighted by Crippen LogP contribution is -2.24. The Morgan fingerprint density at radius 3 is 2.94 bits per heavy atom. The van der Waals surface area contributed by atoms with Crippen LogP contribution in [0.2, 0.25) is 0 Å². The van der Waals surface area contributed by atoms with Crippen molar-refractivity contribution >= 4 is 11.3 Å². The van der Waals surface area contributed by atoms with Gasteiger partial charge in [0.1, 0.15) is 0 Å². The summed E-state index contributed by atoms with van der Waals surface area (Å²) in [6, 6.07) is 2.07. The van der Waals surface area contributed by atoms with Gasteiger partial charge in [0, 0.05) is 23.4 Å². The molecule has 0 radical (unpaired) electrons. The predicted octanol–water partition coefficient (Wildman–Crippen LogP) is 2.71. The van der Waals surface area contributed by atoms with Crippen molar-refractivity contribution in [3.63, 3.8) is 0 Å². The van der Waals surface area contributed by atoms with Crippen LogP contribution < -0.4 is 5.73 Å². The van der Waals surface area contributed by atoms with E-state index in [9.17, 15) is 0 Å².